The Kier molecular flexibility index (Phi) is 4.82. The fraction of sp³-hybridized carbons (Fsp3) is 0.312. The lowest BCUT2D eigenvalue weighted by Gasteiger charge is -2.31. The first-order valence-electron chi connectivity index (χ1n) is 6.69. The Hall–Kier alpha value is -1.78. The number of hydrogen-bond acceptors (Lipinski definition) is 3. The fourth-order valence-electron chi connectivity index (χ4n) is 2.50. The lowest BCUT2D eigenvalue weighted by molar-refractivity contribution is 0.208. The van der Waals surface area contributed by atoms with Gasteiger partial charge in [-0.3, -0.25) is 9.88 Å². The number of aromatic nitrogens is 1. The zero-order chi connectivity index (χ0) is 14.5. The molecule has 0 aliphatic heterocycles. The molecule has 2 atom stereocenters. The van der Waals surface area contributed by atoms with E-state index in [4.69, 9.17) is 5.73 Å². The maximum Gasteiger partial charge on any atom is 0.123 e. The van der Waals surface area contributed by atoms with Crippen molar-refractivity contribution in [3.63, 3.8) is 0 Å². The van der Waals surface area contributed by atoms with Crippen LogP contribution in [0.4, 0.5) is 4.39 Å². The van der Waals surface area contributed by atoms with Crippen molar-refractivity contribution in [1.82, 2.24) is 9.88 Å². The highest BCUT2D eigenvalue weighted by molar-refractivity contribution is 5.22. The smallest absolute Gasteiger partial charge is 0.123 e. The van der Waals surface area contributed by atoms with Gasteiger partial charge in [0.15, 0.2) is 0 Å². The van der Waals surface area contributed by atoms with Crippen LogP contribution in [-0.4, -0.2) is 23.0 Å². The van der Waals surface area contributed by atoms with Crippen molar-refractivity contribution in [1.29, 1.82) is 0 Å². The van der Waals surface area contributed by atoms with Crippen LogP contribution in [-0.2, 0) is 6.54 Å². The highest BCUT2D eigenvalue weighted by atomic mass is 19.1. The molecule has 0 spiro atoms. The molecule has 1 heterocycles. The summed E-state index contributed by atoms with van der Waals surface area (Å²) in [7, 11) is 1.98. The summed E-state index contributed by atoms with van der Waals surface area (Å²) in [6.07, 6.45) is 1.77. The predicted octanol–water partition coefficient (Wildman–Crippen LogP) is 2.74. The van der Waals surface area contributed by atoms with Crippen LogP contribution in [0.1, 0.15) is 24.2 Å². The van der Waals surface area contributed by atoms with Gasteiger partial charge in [0.25, 0.3) is 0 Å². The minimum Gasteiger partial charge on any atom is -0.326 e. The molecule has 20 heavy (non-hydrogen) atoms. The second kappa shape index (κ2) is 6.59. The number of rotatable bonds is 5. The first-order chi connectivity index (χ1) is 9.58. The molecule has 0 radical (unpaired) electrons. The molecule has 106 valence electrons. The first kappa shape index (κ1) is 14.6. The van der Waals surface area contributed by atoms with Crippen molar-refractivity contribution in [2.75, 3.05) is 7.05 Å². The largest absolute Gasteiger partial charge is 0.326 e. The molecular formula is C16H20FN3. The van der Waals surface area contributed by atoms with Gasteiger partial charge in [-0.15, -0.1) is 0 Å². The Labute approximate surface area is 119 Å². The highest BCUT2D eigenvalue weighted by Gasteiger charge is 2.21. The maximum absolute atomic E-state index is 13.4. The summed E-state index contributed by atoms with van der Waals surface area (Å²) in [5, 5.41) is 0. The summed E-state index contributed by atoms with van der Waals surface area (Å²) in [4.78, 5) is 6.41. The Morgan fingerprint density at radius 3 is 2.65 bits per heavy atom. The molecule has 2 unspecified atom stereocenters. The second-order valence-corrected chi connectivity index (χ2v) is 5.10. The molecule has 4 heteroatoms. The molecule has 0 amide bonds. The van der Waals surface area contributed by atoms with Gasteiger partial charge in [-0.25, -0.2) is 4.39 Å². The van der Waals surface area contributed by atoms with E-state index < -0.39 is 0 Å². The van der Waals surface area contributed by atoms with Gasteiger partial charge in [-0.2, -0.15) is 0 Å². The van der Waals surface area contributed by atoms with E-state index in [-0.39, 0.29) is 17.9 Å². The molecule has 1 aromatic heterocycles. The molecule has 0 fully saturated rings. The molecule has 0 saturated heterocycles. The van der Waals surface area contributed by atoms with Crippen molar-refractivity contribution < 1.29 is 4.39 Å². The molecule has 2 aromatic rings. The number of pyridine rings is 1. The third kappa shape index (κ3) is 3.62. The second-order valence-electron chi connectivity index (χ2n) is 5.10. The molecule has 1 aromatic carbocycles. The van der Waals surface area contributed by atoms with Gasteiger partial charge in [-0.1, -0.05) is 18.2 Å². The van der Waals surface area contributed by atoms with E-state index in [9.17, 15) is 4.39 Å². The standard InChI is InChI=1S/C16H20FN3/c1-12(18)16(13-6-5-7-14(17)10-13)20(2)11-15-8-3-4-9-19-15/h3-10,12,16H,11,18H2,1-2H3. The van der Waals surface area contributed by atoms with Crippen molar-refractivity contribution >= 4 is 0 Å². The van der Waals surface area contributed by atoms with Crippen molar-refractivity contribution in [3.8, 4) is 0 Å². The average molecular weight is 273 g/mol. The van der Waals surface area contributed by atoms with Gasteiger partial charge < -0.3 is 5.73 Å². The third-order valence-electron chi connectivity index (χ3n) is 3.30. The number of likely N-dealkylation sites (N-methyl/N-ethyl adjacent to an activating group) is 1. The Bertz CT molecular complexity index is 542. The van der Waals surface area contributed by atoms with Crippen LogP contribution in [0.2, 0.25) is 0 Å². The molecule has 0 aliphatic rings. The number of halogens is 1. The van der Waals surface area contributed by atoms with Gasteiger partial charge >= 0.3 is 0 Å². The van der Waals surface area contributed by atoms with Gasteiger partial charge in [0.05, 0.1) is 5.69 Å². The summed E-state index contributed by atoms with van der Waals surface area (Å²) in [6.45, 7) is 2.61. The summed E-state index contributed by atoms with van der Waals surface area (Å²) >= 11 is 0. The summed E-state index contributed by atoms with van der Waals surface area (Å²) in [6, 6.07) is 12.3. The lowest BCUT2D eigenvalue weighted by atomic mass is 9.99. The van der Waals surface area contributed by atoms with E-state index in [1.165, 1.54) is 6.07 Å². The van der Waals surface area contributed by atoms with E-state index in [1.807, 2.05) is 38.2 Å². The molecule has 2 rings (SSSR count). The van der Waals surface area contributed by atoms with E-state index in [1.54, 1.807) is 18.3 Å². The van der Waals surface area contributed by atoms with Crippen molar-refractivity contribution in [2.45, 2.75) is 25.6 Å². The van der Waals surface area contributed by atoms with Crippen LogP contribution in [0.3, 0.4) is 0 Å². The zero-order valence-corrected chi connectivity index (χ0v) is 11.8. The predicted molar refractivity (Wildman–Crippen MR) is 78.5 cm³/mol. The number of nitrogens with zero attached hydrogens (tertiary/aromatic N) is 2. The van der Waals surface area contributed by atoms with E-state index in [0.717, 1.165) is 11.3 Å². The van der Waals surface area contributed by atoms with Crippen LogP contribution < -0.4 is 5.73 Å². The Morgan fingerprint density at radius 1 is 1.25 bits per heavy atom. The maximum atomic E-state index is 13.4. The van der Waals surface area contributed by atoms with Gasteiger partial charge in [0, 0.05) is 24.8 Å². The van der Waals surface area contributed by atoms with Crippen LogP contribution in [0.25, 0.3) is 0 Å². The Morgan fingerprint density at radius 2 is 2.05 bits per heavy atom. The van der Waals surface area contributed by atoms with Gasteiger partial charge in [-0.05, 0) is 43.8 Å². The monoisotopic (exact) mass is 273 g/mol. The van der Waals surface area contributed by atoms with Gasteiger partial charge in [0.1, 0.15) is 5.82 Å². The number of hydrogen-bond donors (Lipinski definition) is 1. The molecular weight excluding hydrogens is 253 g/mol. The summed E-state index contributed by atoms with van der Waals surface area (Å²) in [5.41, 5.74) is 7.95. The summed E-state index contributed by atoms with van der Waals surface area (Å²) < 4.78 is 13.4. The van der Waals surface area contributed by atoms with E-state index in [0.29, 0.717) is 6.54 Å². The highest BCUT2D eigenvalue weighted by Crippen LogP contribution is 2.24. The normalized spacial score (nSPS) is 14.2. The van der Waals surface area contributed by atoms with E-state index in [2.05, 4.69) is 9.88 Å². The van der Waals surface area contributed by atoms with Crippen LogP contribution in [0.15, 0.2) is 48.7 Å². The lowest BCUT2D eigenvalue weighted by Crippen LogP contribution is -2.37. The van der Waals surface area contributed by atoms with Crippen LogP contribution in [0.5, 0.6) is 0 Å². The fourth-order valence-corrected chi connectivity index (χ4v) is 2.50. The molecule has 0 bridgehead atoms. The minimum absolute atomic E-state index is 0.0484. The zero-order valence-electron chi connectivity index (χ0n) is 11.8. The number of nitrogens with two attached hydrogens (primary N) is 1. The average Bonchev–Trinajstić information content (AvgIpc) is 2.39. The van der Waals surface area contributed by atoms with Gasteiger partial charge in [0.2, 0.25) is 0 Å². The van der Waals surface area contributed by atoms with Crippen LogP contribution >= 0.6 is 0 Å². The van der Waals surface area contributed by atoms with E-state index >= 15 is 0 Å². The van der Waals surface area contributed by atoms with Crippen LogP contribution in [0, 0.1) is 5.82 Å². The molecule has 2 N–H and O–H groups in total. The quantitative estimate of drug-likeness (QED) is 0.911. The van der Waals surface area contributed by atoms with Crippen molar-refractivity contribution in [3.05, 3.63) is 65.7 Å². The Balaban J connectivity index is 2.20. The minimum atomic E-state index is -0.237. The molecule has 0 aliphatic carbocycles. The first-order valence-corrected chi connectivity index (χ1v) is 6.69. The molecule has 3 nitrogen and oxygen atoms in total. The van der Waals surface area contributed by atoms with Crippen molar-refractivity contribution in [2.24, 2.45) is 5.73 Å². The SMILES string of the molecule is CC(N)C(c1cccc(F)c1)N(C)Cc1ccccn1. The summed E-state index contributed by atoms with van der Waals surface area (Å²) in [5.74, 6) is -0.237. The molecule has 0 saturated carbocycles. The topological polar surface area (TPSA) is 42.1 Å². The third-order valence-corrected chi connectivity index (χ3v) is 3.30. The number of benzene rings is 1.